The van der Waals surface area contributed by atoms with Crippen LogP contribution in [0.4, 0.5) is 0 Å². The van der Waals surface area contributed by atoms with Gasteiger partial charge in [0.2, 0.25) is 5.75 Å². The third kappa shape index (κ3) is 1.31. The number of rotatable bonds is 1. The van der Waals surface area contributed by atoms with Gasteiger partial charge in [0.05, 0.1) is 7.11 Å². The van der Waals surface area contributed by atoms with E-state index in [1.54, 1.807) is 7.11 Å². The van der Waals surface area contributed by atoms with E-state index in [1.807, 2.05) is 25.1 Å². The van der Waals surface area contributed by atoms with Crippen LogP contribution in [0, 0.1) is 0 Å². The zero-order chi connectivity index (χ0) is 10.1. The van der Waals surface area contributed by atoms with Crippen molar-refractivity contribution < 1.29 is 14.2 Å². The second kappa shape index (κ2) is 3.25. The molecular weight excluding hydrogens is 180 g/mol. The molecule has 1 heterocycles. The summed E-state index contributed by atoms with van der Waals surface area (Å²) >= 11 is 0. The summed E-state index contributed by atoms with van der Waals surface area (Å²) in [5.41, 5.74) is 0. The number of para-hydroxylation sites is 1. The lowest BCUT2D eigenvalue weighted by atomic mass is 10.2. The number of benzene rings is 1. The first-order valence-corrected chi connectivity index (χ1v) is 4.42. The van der Waals surface area contributed by atoms with Crippen LogP contribution >= 0.6 is 0 Å². The van der Waals surface area contributed by atoms with E-state index in [0.29, 0.717) is 23.0 Å². The molecule has 2 rings (SSSR count). The van der Waals surface area contributed by atoms with Gasteiger partial charge in [-0.1, -0.05) is 12.6 Å². The molecular formula is C11H12O3. The molecule has 0 amide bonds. The van der Waals surface area contributed by atoms with Crippen LogP contribution in [0.25, 0.3) is 0 Å². The quantitative estimate of drug-likeness (QED) is 0.683. The van der Waals surface area contributed by atoms with E-state index in [0.717, 1.165) is 0 Å². The van der Waals surface area contributed by atoms with Crippen LogP contribution in [0.1, 0.15) is 6.92 Å². The van der Waals surface area contributed by atoms with Crippen LogP contribution in [-0.2, 0) is 0 Å². The maximum atomic E-state index is 5.62. The first kappa shape index (κ1) is 8.94. The molecule has 1 aliphatic rings. The molecule has 1 atom stereocenters. The lowest BCUT2D eigenvalue weighted by Crippen LogP contribution is -2.23. The smallest absolute Gasteiger partial charge is 0.204 e. The van der Waals surface area contributed by atoms with Crippen molar-refractivity contribution in [2.24, 2.45) is 0 Å². The van der Waals surface area contributed by atoms with Crippen LogP contribution in [0.5, 0.6) is 17.2 Å². The van der Waals surface area contributed by atoms with Gasteiger partial charge in [-0.25, -0.2) is 0 Å². The van der Waals surface area contributed by atoms with Gasteiger partial charge >= 0.3 is 0 Å². The molecule has 0 fully saturated rings. The fourth-order valence-electron chi connectivity index (χ4n) is 1.32. The van der Waals surface area contributed by atoms with Gasteiger partial charge in [0.15, 0.2) is 17.6 Å². The highest BCUT2D eigenvalue weighted by molar-refractivity contribution is 5.53. The van der Waals surface area contributed by atoms with Crippen molar-refractivity contribution in [2.45, 2.75) is 13.0 Å². The first-order valence-electron chi connectivity index (χ1n) is 4.42. The minimum Gasteiger partial charge on any atom is -0.493 e. The summed E-state index contributed by atoms with van der Waals surface area (Å²) in [5, 5.41) is 0. The van der Waals surface area contributed by atoms with Gasteiger partial charge in [-0.2, -0.15) is 0 Å². The van der Waals surface area contributed by atoms with Crippen molar-refractivity contribution in [2.75, 3.05) is 7.11 Å². The second-order valence-electron chi connectivity index (χ2n) is 3.12. The molecule has 1 unspecified atom stereocenters. The van der Waals surface area contributed by atoms with Gasteiger partial charge < -0.3 is 14.2 Å². The lowest BCUT2D eigenvalue weighted by Gasteiger charge is -2.26. The van der Waals surface area contributed by atoms with E-state index in [9.17, 15) is 0 Å². The topological polar surface area (TPSA) is 27.7 Å². The molecule has 14 heavy (non-hydrogen) atoms. The SMILES string of the molecule is C=C1Oc2cccc(OC)c2OC1C. The Morgan fingerprint density at radius 1 is 1.43 bits per heavy atom. The van der Waals surface area contributed by atoms with E-state index in [2.05, 4.69) is 6.58 Å². The molecule has 0 bridgehead atoms. The highest BCUT2D eigenvalue weighted by Gasteiger charge is 2.23. The summed E-state index contributed by atoms with van der Waals surface area (Å²) in [4.78, 5) is 0. The van der Waals surface area contributed by atoms with Crippen molar-refractivity contribution in [1.29, 1.82) is 0 Å². The fraction of sp³-hybridized carbons (Fsp3) is 0.273. The van der Waals surface area contributed by atoms with Crippen molar-refractivity contribution in [3.05, 3.63) is 30.5 Å². The molecule has 0 saturated heterocycles. The second-order valence-corrected chi connectivity index (χ2v) is 3.12. The third-order valence-corrected chi connectivity index (χ3v) is 2.15. The van der Waals surface area contributed by atoms with Gasteiger partial charge in [-0.3, -0.25) is 0 Å². The highest BCUT2D eigenvalue weighted by Crippen LogP contribution is 2.41. The highest BCUT2D eigenvalue weighted by atomic mass is 16.6. The largest absolute Gasteiger partial charge is 0.493 e. The third-order valence-electron chi connectivity index (χ3n) is 2.15. The van der Waals surface area contributed by atoms with Gasteiger partial charge in [0.1, 0.15) is 5.76 Å². The molecule has 0 N–H and O–H groups in total. The molecule has 1 aliphatic heterocycles. The van der Waals surface area contributed by atoms with E-state index >= 15 is 0 Å². The Balaban J connectivity index is 2.46. The normalized spacial score (nSPS) is 19.3. The van der Waals surface area contributed by atoms with E-state index in [1.165, 1.54) is 0 Å². The zero-order valence-corrected chi connectivity index (χ0v) is 8.24. The number of ether oxygens (including phenoxy) is 3. The maximum Gasteiger partial charge on any atom is 0.204 e. The molecule has 0 radical (unpaired) electrons. The van der Waals surface area contributed by atoms with E-state index in [-0.39, 0.29) is 6.10 Å². The van der Waals surface area contributed by atoms with Crippen LogP contribution in [0.3, 0.4) is 0 Å². The van der Waals surface area contributed by atoms with Crippen molar-refractivity contribution in [3.8, 4) is 17.2 Å². The molecule has 3 nitrogen and oxygen atoms in total. The van der Waals surface area contributed by atoms with Crippen molar-refractivity contribution >= 4 is 0 Å². The molecule has 3 heteroatoms. The summed E-state index contributed by atoms with van der Waals surface area (Å²) in [6, 6.07) is 5.52. The van der Waals surface area contributed by atoms with Crippen LogP contribution in [0.15, 0.2) is 30.5 Å². The minimum atomic E-state index is -0.140. The number of hydrogen-bond acceptors (Lipinski definition) is 3. The Morgan fingerprint density at radius 3 is 2.93 bits per heavy atom. The van der Waals surface area contributed by atoms with Crippen molar-refractivity contribution in [1.82, 2.24) is 0 Å². The van der Waals surface area contributed by atoms with Crippen LogP contribution in [-0.4, -0.2) is 13.2 Å². The Hall–Kier alpha value is -1.64. The summed E-state index contributed by atoms with van der Waals surface area (Å²) < 4.78 is 16.3. The Bertz CT molecular complexity index is 371. The zero-order valence-electron chi connectivity index (χ0n) is 8.24. The standard InChI is InChI=1S/C11H12O3/c1-7-8(2)14-11-9(12-3)5-4-6-10(11)13-7/h4-6,8H,1H2,2-3H3. The maximum absolute atomic E-state index is 5.62. The molecule has 0 aromatic heterocycles. The Labute approximate surface area is 82.9 Å². The summed E-state index contributed by atoms with van der Waals surface area (Å²) in [6.45, 7) is 5.65. The first-order chi connectivity index (χ1) is 6.72. The Morgan fingerprint density at radius 2 is 2.21 bits per heavy atom. The van der Waals surface area contributed by atoms with Gasteiger partial charge in [-0.15, -0.1) is 0 Å². The fourth-order valence-corrected chi connectivity index (χ4v) is 1.32. The molecule has 74 valence electrons. The monoisotopic (exact) mass is 192 g/mol. The Kier molecular flexibility index (Phi) is 2.08. The number of hydrogen-bond donors (Lipinski definition) is 0. The summed E-state index contributed by atoms with van der Waals surface area (Å²) in [6.07, 6.45) is -0.140. The summed E-state index contributed by atoms with van der Waals surface area (Å²) in [5.74, 6) is 2.61. The summed E-state index contributed by atoms with van der Waals surface area (Å²) in [7, 11) is 1.60. The van der Waals surface area contributed by atoms with Gasteiger partial charge in [-0.05, 0) is 19.1 Å². The minimum absolute atomic E-state index is 0.140. The molecule has 0 spiro atoms. The lowest BCUT2D eigenvalue weighted by molar-refractivity contribution is 0.155. The van der Waals surface area contributed by atoms with Crippen molar-refractivity contribution in [3.63, 3.8) is 0 Å². The number of fused-ring (bicyclic) bond motifs is 1. The number of methoxy groups -OCH3 is 1. The predicted octanol–water partition coefficient (Wildman–Crippen LogP) is 2.37. The van der Waals surface area contributed by atoms with Gasteiger partial charge in [0, 0.05) is 0 Å². The van der Waals surface area contributed by atoms with Crippen LogP contribution in [0.2, 0.25) is 0 Å². The average molecular weight is 192 g/mol. The predicted molar refractivity (Wildman–Crippen MR) is 52.9 cm³/mol. The molecule has 0 aliphatic carbocycles. The van der Waals surface area contributed by atoms with E-state index < -0.39 is 0 Å². The molecule has 0 saturated carbocycles. The molecule has 1 aromatic carbocycles. The van der Waals surface area contributed by atoms with Crippen LogP contribution < -0.4 is 14.2 Å². The average Bonchev–Trinajstić information content (AvgIpc) is 2.19. The molecule has 1 aromatic rings. The van der Waals surface area contributed by atoms with E-state index in [4.69, 9.17) is 14.2 Å². The van der Waals surface area contributed by atoms with Gasteiger partial charge in [0.25, 0.3) is 0 Å².